The highest BCUT2D eigenvalue weighted by atomic mass is 35.5. The number of aromatic nitrogens is 1. The molecule has 3 aromatic carbocycles. The van der Waals surface area contributed by atoms with Gasteiger partial charge in [0.05, 0.1) is 0 Å². The summed E-state index contributed by atoms with van der Waals surface area (Å²) in [5, 5.41) is 3.13. The second-order valence-electron chi connectivity index (χ2n) is 6.60. The number of hydrogen-bond donors (Lipinski definition) is 1. The third kappa shape index (κ3) is 4.62. The van der Waals surface area contributed by atoms with Gasteiger partial charge in [0, 0.05) is 27.4 Å². The van der Waals surface area contributed by atoms with E-state index in [0.29, 0.717) is 27.4 Å². The summed E-state index contributed by atoms with van der Waals surface area (Å²) in [5.74, 6) is -1.69. The predicted octanol–water partition coefficient (Wildman–Crippen LogP) is 6.93. The van der Waals surface area contributed by atoms with Crippen LogP contribution in [0.3, 0.4) is 0 Å². The molecular weight excluding hydrogens is 429 g/mol. The van der Waals surface area contributed by atoms with Gasteiger partial charge in [-0.1, -0.05) is 48.0 Å². The number of halogens is 4. The lowest BCUT2D eigenvalue weighted by atomic mass is 10.1. The Kier molecular flexibility index (Phi) is 5.52. The van der Waals surface area contributed by atoms with Crippen molar-refractivity contribution in [1.29, 1.82) is 0 Å². The number of anilines is 1. The summed E-state index contributed by atoms with van der Waals surface area (Å²) in [5.41, 5.74) is 1.20. The van der Waals surface area contributed by atoms with E-state index in [9.17, 15) is 18.0 Å². The van der Waals surface area contributed by atoms with E-state index in [1.807, 2.05) is 0 Å². The highest BCUT2D eigenvalue weighted by Crippen LogP contribution is 2.39. The van der Waals surface area contributed by atoms with Gasteiger partial charge in [0.1, 0.15) is 5.69 Å². The number of amides is 1. The van der Waals surface area contributed by atoms with Crippen LogP contribution in [0.15, 0.2) is 83.3 Å². The van der Waals surface area contributed by atoms with Crippen molar-refractivity contribution >= 4 is 23.2 Å². The summed E-state index contributed by atoms with van der Waals surface area (Å²) in [6, 6.07) is 20.6. The third-order valence-electron chi connectivity index (χ3n) is 4.41. The van der Waals surface area contributed by atoms with Crippen LogP contribution in [0.25, 0.3) is 22.7 Å². The maximum atomic E-state index is 13.5. The molecule has 4 rings (SSSR count). The number of oxazole rings is 1. The van der Waals surface area contributed by atoms with E-state index >= 15 is 0 Å². The van der Waals surface area contributed by atoms with Crippen LogP contribution in [0.1, 0.15) is 16.1 Å². The Morgan fingerprint density at radius 2 is 1.61 bits per heavy atom. The van der Waals surface area contributed by atoms with Crippen molar-refractivity contribution in [3.63, 3.8) is 0 Å². The van der Waals surface area contributed by atoms with Crippen molar-refractivity contribution in [1.82, 2.24) is 4.98 Å². The van der Waals surface area contributed by atoms with Crippen LogP contribution in [0.4, 0.5) is 18.9 Å². The topological polar surface area (TPSA) is 55.1 Å². The van der Waals surface area contributed by atoms with E-state index in [1.165, 1.54) is 30.3 Å². The number of nitrogens with zero attached hydrogens (tertiary/aromatic N) is 1. The van der Waals surface area contributed by atoms with Crippen molar-refractivity contribution in [3.8, 4) is 22.7 Å². The number of carbonyl (C=O) groups excluding carboxylic acids is 1. The molecule has 0 atom stereocenters. The van der Waals surface area contributed by atoms with Crippen molar-refractivity contribution in [3.05, 3.63) is 95.2 Å². The maximum absolute atomic E-state index is 13.5. The molecule has 0 unspecified atom stereocenters. The number of hydrogen-bond acceptors (Lipinski definition) is 3. The molecule has 4 aromatic rings. The van der Waals surface area contributed by atoms with E-state index in [0.717, 1.165) is 0 Å². The minimum absolute atomic E-state index is 0.168. The minimum Gasteiger partial charge on any atom is -0.431 e. The lowest BCUT2D eigenvalue weighted by Crippen LogP contribution is -2.11. The zero-order chi connectivity index (χ0) is 22.0. The third-order valence-corrected chi connectivity index (χ3v) is 4.64. The average molecular weight is 443 g/mol. The van der Waals surface area contributed by atoms with Crippen molar-refractivity contribution in [2.75, 3.05) is 5.32 Å². The zero-order valence-electron chi connectivity index (χ0n) is 15.8. The van der Waals surface area contributed by atoms with Gasteiger partial charge in [-0.05, 0) is 42.5 Å². The van der Waals surface area contributed by atoms with Gasteiger partial charge in [0.15, 0.2) is 0 Å². The molecule has 1 heterocycles. The van der Waals surface area contributed by atoms with Crippen LogP contribution in [-0.2, 0) is 6.18 Å². The number of nitrogens with one attached hydrogen (secondary N) is 1. The fraction of sp³-hybridized carbons (Fsp3) is 0.0435. The van der Waals surface area contributed by atoms with E-state index in [2.05, 4.69) is 10.3 Å². The Bertz CT molecular complexity index is 1220. The molecule has 1 N–H and O–H groups in total. The molecule has 1 amide bonds. The van der Waals surface area contributed by atoms with E-state index in [-0.39, 0.29) is 17.5 Å². The summed E-state index contributed by atoms with van der Waals surface area (Å²) in [7, 11) is 0. The predicted molar refractivity (Wildman–Crippen MR) is 112 cm³/mol. The molecule has 0 bridgehead atoms. The lowest BCUT2D eigenvalue weighted by molar-refractivity contribution is -0.152. The molecule has 0 saturated carbocycles. The fourth-order valence-electron chi connectivity index (χ4n) is 2.96. The highest BCUT2D eigenvalue weighted by Gasteiger charge is 2.40. The van der Waals surface area contributed by atoms with Crippen molar-refractivity contribution in [2.24, 2.45) is 0 Å². The summed E-state index contributed by atoms with van der Waals surface area (Å²) in [6.07, 6.45) is -4.69. The van der Waals surface area contributed by atoms with Gasteiger partial charge in [0.2, 0.25) is 11.7 Å². The zero-order valence-corrected chi connectivity index (χ0v) is 16.5. The van der Waals surface area contributed by atoms with Crippen LogP contribution in [0, 0.1) is 0 Å². The Hall–Kier alpha value is -3.58. The number of carbonyl (C=O) groups is 1. The van der Waals surface area contributed by atoms with Gasteiger partial charge in [-0.25, -0.2) is 4.98 Å². The maximum Gasteiger partial charge on any atom is 0.451 e. The Labute approximate surface area is 180 Å². The van der Waals surface area contributed by atoms with Crippen LogP contribution in [0.5, 0.6) is 0 Å². The van der Waals surface area contributed by atoms with Gasteiger partial charge in [0.25, 0.3) is 5.91 Å². The molecule has 0 spiro atoms. The first-order chi connectivity index (χ1) is 14.8. The molecule has 0 radical (unpaired) electrons. The summed E-state index contributed by atoms with van der Waals surface area (Å²) in [4.78, 5) is 16.4. The molecule has 1 aromatic heterocycles. The Morgan fingerprint density at radius 1 is 0.903 bits per heavy atom. The largest absolute Gasteiger partial charge is 0.451 e. The van der Waals surface area contributed by atoms with Gasteiger partial charge < -0.3 is 9.73 Å². The first-order valence-corrected chi connectivity index (χ1v) is 9.50. The van der Waals surface area contributed by atoms with E-state index < -0.39 is 11.9 Å². The standard InChI is InChI=1S/C23H14ClF3N2O2/c24-17-8-4-7-16(13-17)21(30)28-18-11-9-15(10-12-18)22-29-19(14-5-2-1-3-6-14)20(31-22)23(25,26)27/h1-13H,(H,28,30). The number of alkyl halides is 3. The molecule has 31 heavy (non-hydrogen) atoms. The highest BCUT2D eigenvalue weighted by molar-refractivity contribution is 6.31. The monoisotopic (exact) mass is 442 g/mol. The van der Waals surface area contributed by atoms with Crippen LogP contribution in [-0.4, -0.2) is 10.9 Å². The van der Waals surface area contributed by atoms with E-state index in [1.54, 1.807) is 48.5 Å². The molecule has 0 saturated heterocycles. The number of rotatable bonds is 4. The normalized spacial score (nSPS) is 11.4. The summed E-state index contributed by atoms with van der Waals surface area (Å²) in [6.45, 7) is 0. The second kappa shape index (κ2) is 8.28. The fourth-order valence-corrected chi connectivity index (χ4v) is 3.15. The molecule has 4 nitrogen and oxygen atoms in total. The molecule has 0 fully saturated rings. The SMILES string of the molecule is O=C(Nc1ccc(-c2nc(-c3ccccc3)c(C(F)(F)F)o2)cc1)c1cccc(Cl)c1. The van der Waals surface area contributed by atoms with Gasteiger partial charge in [-0.3, -0.25) is 4.79 Å². The Balaban J connectivity index is 1.61. The molecule has 156 valence electrons. The molecule has 8 heteroatoms. The van der Waals surface area contributed by atoms with Crippen LogP contribution in [0.2, 0.25) is 5.02 Å². The van der Waals surface area contributed by atoms with Crippen molar-refractivity contribution < 1.29 is 22.4 Å². The average Bonchev–Trinajstić information content (AvgIpc) is 3.21. The second-order valence-corrected chi connectivity index (χ2v) is 7.04. The molecule has 0 aliphatic heterocycles. The van der Waals surface area contributed by atoms with Crippen LogP contribution < -0.4 is 5.32 Å². The molecule has 0 aliphatic rings. The summed E-state index contributed by atoms with van der Waals surface area (Å²) < 4.78 is 45.5. The lowest BCUT2D eigenvalue weighted by Gasteiger charge is -2.06. The molecular formula is C23H14ClF3N2O2. The minimum atomic E-state index is -4.69. The quantitative estimate of drug-likeness (QED) is 0.372. The van der Waals surface area contributed by atoms with Crippen LogP contribution >= 0.6 is 11.6 Å². The van der Waals surface area contributed by atoms with Gasteiger partial charge in [-0.2, -0.15) is 13.2 Å². The van der Waals surface area contributed by atoms with Crippen molar-refractivity contribution in [2.45, 2.75) is 6.18 Å². The van der Waals surface area contributed by atoms with Gasteiger partial charge in [-0.15, -0.1) is 0 Å². The summed E-state index contributed by atoms with van der Waals surface area (Å²) >= 11 is 5.89. The van der Waals surface area contributed by atoms with E-state index in [4.69, 9.17) is 16.0 Å². The molecule has 0 aliphatic carbocycles. The number of benzene rings is 3. The van der Waals surface area contributed by atoms with Gasteiger partial charge >= 0.3 is 6.18 Å². The first kappa shape index (κ1) is 20.7. The first-order valence-electron chi connectivity index (χ1n) is 9.12. The Morgan fingerprint density at radius 3 is 2.26 bits per heavy atom. The smallest absolute Gasteiger partial charge is 0.431 e.